The number of nitrogens with zero attached hydrogens (tertiary/aromatic N) is 1. The van der Waals surface area contributed by atoms with E-state index in [9.17, 15) is 8.42 Å². The molecule has 6 heteroatoms. The molecule has 18 heavy (non-hydrogen) atoms. The summed E-state index contributed by atoms with van der Waals surface area (Å²) < 4.78 is 24.6. The van der Waals surface area contributed by atoms with Gasteiger partial charge in [-0.2, -0.15) is 5.26 Å². The van der Waals surface area contributed by atoms with E-state index in [2.05, 4.69) is 0 Å². The molecule has 0 heterocycles. The molecule has 1 saturated carbocycles. The number of hydrogen-bond donors (Lipinski definition) is 1. The topological polar surface area (TPSA) is 84.0 Å². The van der Waals surface area contributed by atoms with Gasteiger partial charge in [0.25, 0.3) is 0 Å². The summed E-state index contributed by atoms with van der Waals surface area (Å²) in [7, 11) is -3.49. The standard InChI is InChI=1S/C12H13ClN2O2S/c13-9-1-2-10(15)11(7-9)18(16,17)8-12(3-4-12)5-6-14/h1-2,7H,3-5,8,15H2. The lowest BCUT2D eigenvalue weighted by Gasteiger charge is -2.13. The number of sulfone groups is 1. The van der Waals surface area contributed by atoms with E-state index in [1.807, 2.05) is 6.07 Å². The Labute approximate surface area is 111 Å². The Kier molecular flexibility index (Phi) is 3.26. The van der Waals surface area contributed by atoms with Gasteiger partial charge in [-0.05, 0) is 36.5 Å². The number of halogens is 1. The maximum atomic E-state index is 12.3. The molecular weight excluding hydrogens is 272 g/mol. The monoisotopic (exact) mass is 284 g/mol. The Bertz CT molecular complexity index is 615. The lowest BCUT2D eigenvalue weighted by Crippen LogP contribution is -2.18. The van der Waals surface area contributed by atoms with Crippen LogP contribution >= 0.6 is 11.6 Å². The number of anilines is 1. The summed E-state index contributed by atoms with van der Waals surface area (Å²) in [5, 5.41) is 9.06. The highest BCUT2D eigenvalue weighted by Crippen LogP contribution is 2.50. The van der Waals surface area contributed by atoms with Crippen LogP contribution in [0.2, 0.25) is 5.02 Å². The molecule has 0 amide bonds. The molecule has 0 aliphatic heterocycles. The summed E-state index contributed by atoms with van der Waals surface area (Å²) >= 11 is 5.80. The molecular formula is C12H13ClN2O2S. The van der Waals surface area contributed by atoms with Gasteiger partial charge in [-0.25, -0.2) is 8.42 Å². The third kappa shape index (κ3) is 2.60. The minimum Gasteiger partial charge on any atom is -0.398 e. The first-order chi connectivity index (χ1) is 8.38. The fourth-order valence-electron chi connectivity index (χ4n) is 1.98. The van der Waals surface area contributed by atoms with Gasteiger partial charge in [-0.1, -0.05) is 11.6 Å². The van der Waals surface area contributed by atoms with Crippen LogP contribution in [0, 0.1) is 16.7 Å². The lowest BCUT2D eigenvalue weighted by molar-refractivity contribution is 0.548. The molecule has 0 radical (unpaired) electrons. The quantitative estimate of drug-likeness (QED) is 0.861. The van der Waals surface area contributed by atoms with Crippen molar-refractivity contribution in [1.29, 1.82) is 5.26 Å². The van der Waals surface area contributed by atoms with E-state index in [0.29, 0.717) is 5.02 Å². The predicted molar refractivity (Wildman–Crippen MR) is 69.8 cm³/mol. The normalized spacial score (nSPS) is 17.1. The van der Waals surface area contributed by atoms with E-state index >= 15 is 0 Å². The van der Waals surface area contributed by atoms with Crippen molar-refractivity contribution in [3.05, 3.63) is 23.2 Å². The van der Waals surface area contributed by atoms with Crippen LogP contribution in [-0.2, 0) is 9.84 Å². The summed E-state index contributed by atoms with van der Waals surface area (Å²) in [6.45, 7) is 0. The summed E-state index contributed by atoms with van der Waals surface area (Å²) in [5.41, 5.74) is 5.51. The number of nitrogen functional groups attached to an aromatic ring is 1. The fourth-order valence-corrected chi connectivity index (χ4v) is 4.30. The van der Waals surface area contributed by atoms with Crippen LogP contribution in [0.1, 0.15) is 19.3 Å². The summed E-state index contributed by atoms with van der Waals surface area (Å²) in [4.78, 5) is 0.0687. The molecule has 0 saturated heterocycles. The number of nitrogens with two attached hydrogens (primary N) is 1. The molecule has 0 spiro atoms. The lowest BCUT2D eigenvalue weighted by atomic mass is 10.1. The van der Waals surface area contributed by atoms with Crippen molar-refractivity contribution in [1.82, 2.24) is 0 Å². The number of rotatable bonds is 4. The largest absolute Gasteiger partial charge is 0.398 e. The fraction of sp³-hybridized carbons (Fsp3) is 0.417. The van der Waals surface area contributed by atoms with Crippen LogP contribution in [0.3, 0.4) is 0 Å². The van der Waals surface area contributed by atoms with Crippen LogP contribution in [0.15, 0.2) is 23.1 Å². The first-order valence-corrected chi connectivity index (χ1v) is 7.56. The van der Waals surface area contributed by atoms with Gasteiger partial charge in [-0.15, -0.1) is 0 Å². The predicted octanol–water partition coefficient (Wildman–Crippen LogP) is 2.39. The minimum absolute atomic E-state index is 0.0297. The van der Waals surface area contributed by atoms with Crippen molar-refractivity contribution in [3.8, 4) is 6.07 Å². The van der Waals surface area contributed by atoms with Gasteiger partial charge in [0, 0.05) is 11.4 Å². The van der Waals surface area contributed by atoms with E-state index in [0.717, 1.165) is 12.8 Å². The zero-order chi connectivity index (χ0) is 13.4. The van der Waals surface area contributed by atoms with E-state index in [4.69, 9.17) is 22.6 Å². The molecule has 1 aromatic carbocycles. The first-order valence-electron chi connectivity index (χ1n) is 5.53. The zero-order valence-electron chi connectivity index (χ0n) is 9.69. The van der Waals surface area contributed by atoms with E-state index in [-0.39, 0.29) is 28.2 Å². The van der Waals surface area contributed by atoms with E-state index in [1.165, 1.54) is 12.1 Å². The summed E-state index contributed by atoms with van der Waals surface area (Å²) in [6.07, 6.45) is 1.83. The third-order valence-electron chi connectivity index (χ3n) is 3.22. The summed E-state index contributed by atoms with van der Waals surface area (Å²) in [6, 6.07) is 6.46. The molecule has 1 aliphatic carbocycles. The van der Waals surface area contributed by atoms with Gasteiger partial charge in [-0.3, -0.25) is 0 Å². The average molecular weight is 285 g/mol. The zero-order valence-corrected chi connectivity index (χ0v) is 11.3. The molecule has 1 aliphatic rings. The van der Waals surface area contributed by atoms with Crippen molar-refractivity contribution in [2.45, 2.75) is 24.2 Å². The molecule has 0 atom stereocenters. The molecule has 1 aromatic rings. The average Bonchev–Trinajstić information content (AvgIpc) is 3.01. The van der Waals surface area contributed by atoms with E-state index < -0.39 is 9.84 Å². The highest BCUT2D eigenvalue weighted by Gasteiger charge is 2.46. The Balaban J connectivity index is 2.32. The van der Waals surface area contributed by atoms with Crippen LogP contribution in [0.5, 0.6) is 0 Å². The molecule has 2 rings (SSSR count). The minimum atomic E-state index is -3.49. The Morgan fingerprint density at radius 2 is 2.11 bits per heavy atom. The molecule has 0 bridgehead atoms. The van der Waals surface area contributed by atoms with E-state index in [1.54, 1.807) is 6.07 Å². The van der Waals surface area contributed by atoms with Crippen LogP contribution in [-0.4, -0.2) is 14.2 Å². The maximum Gasteiger partial charge on any atom is 0.181 e. The van der Waals surface area contributed by atoms with Crippen molar-refractivity contribution in [3.63, 3.8) is 0 Å². The van der Waals surface area contributed by atoms with Gasteiger partial charge < -0.3 is 5.73 Å². The van der Waals surface area contributed by atoms with Crippen LogP contribution in [0.4, 0.5) is 5.69 Å². The molecule has 2 N–H and O–H groups in total. The summed E-state index contributed by atoms with van der Waals surface area (Å²) in [5.74, 6) is -0.0297. The van der Waals surface area contributed by atoms with Crippen molar-refractivity contribution in [2.75, 3.05) is 11.5 Å². The Morgan fingerprint density at radius 3 is 2.67 bits per heavy atom. The Morgan fingerprint density at radius 1 is 1.44 bits per heavy atom. The van der Waals surface area contributed by atoms with Gasteiger partial charge in [0.2, 0.25) is 0 Å². The number of benzene rings is 1. The number of hydrogen-bond acceptors (Lipinski definition) is 4. The molecule has 0 aromatic heterocycles. The van der Waals surface area contributed by atoms with Crippen molar-refractivity contribution < 1.29 is 8.42 Å². The third-order valence-corrected chi connectivity index (χ3v) is 5.47. The Hall–Kier alpha value is -1.25. The van der Waals surface area contributed by atoms with Crippen LogP contribution in [0.25, 0.3) is 0 Å². The smallest absolute Gasteiger partial charge is 0.181 e. The molecule has 96 valence electrons. The second-order valence-corrected chi connectivity index (χ2v) is 7.17. The van der Waals surface area contributed by atoms with Gasteiger partial charge >= 0.3 is 0 Å². The van der Waals surface area contributed by atoms with Crippen LogP contribution < -0.4 is 5.73 Å². The maximum absolute atomic E-state index is 12.3. The van der Waals surface area contributed by atoms with Crippen molar-refractivity contribution in [2.24, 2.45) is 5.41 Å². The molecule has 1 fully saturated rings. The van der Waals surface area contributed by atoms with Crippen molar-refractivity contribution >= 4 is 27.1 Å². The highest BCUT2D eigenvalue weighted by molar-refractivity contribution is 7.91. The second kappa shape index (κ2) is 4.45. The van der Waals surface area contributed by atoms with Gasteiger partial charge in [0.1, 0.15) is 0 Å². The SMILES string of the molecule is N#CCC1(CS(=O)(=O)c2cc(Cl)ccc2N)CC1. The number of nitriles is 1. The second-order valence-electron chi connectivity index (χ2n) is 4.78. The first kappa shape index (κ1) is 13.2. The molecule has 0 unspecified atom stereocenters. The van der Waals surface area contributed by atoms with Gasteiger partial charge in [0.15, 0.2) is 9.84 Å². The molecule has 4 nitrogen and oxygen atoms in total. The van der Waals surface area contributed by atoms with Gasteiger partial charge in [0.05, 0.1) is 22.4 Å². The highest BCUT2D eigenvalue weighted by atomic mass is 35.5.